The highest BCUT2D eigenvalue weighted by molar-refractivity contribution is 5.77. The zero-order chi connectivity index (χ0) is 14.3. The summed E-state index contributed by atoms with van der Waals surface area (Å²) in [6, 6.07) is 7.24. The SMILES string of the molecule is COC(C)(C)CCOc1ccc(OCC(C)=O)cc1. The molecule has 1 aromatic rings. The van der Waals surface area contributed by atoms with Gasteiger partial charge in [0.1, 0.15) is 18.1 Å². The maximum Gasteiger partial charge on any atom is 0.167 e. The highest BCUT2D eigenvalue weighted by Crippen LogP contribution is 2.19. The molecule has 0 amide bonds. The molecule has 19 heavy (non-hydrogen) atoms. The number of ketones is 1. The predicted molar refractivity (Wildman–Crippen MR) is 73.8 cm³/mol. The van der Waals surface area contributed by atoms with Crippen molar-refractivity contribution >= 4 is 5.78 Å². The van der Waals surface area contributed by atoms with Gasteiger partial charge in [0.15, 0.2) is 5.78 Å². The summed E-state index contributed by atoms with van der Waals surface area (Å²) in [7, 11) is 1.70. The van der Waals surface area contributed by atoms with Gasteiger partial charge in [-0.15, -0.1) is 0 Å². The van der Waals surface area contributed by atoms with Crippen molar-refractivity contribution in [2.24, 2.45) is 0 Å². The van der Waals surface area contributed by atoms with Crippen LogP contribution in [0.4, 0.5) is 0 Å². The van der Waals surface area contributed by atoms with E-state index in [1.54, 1.807) is 19.2 Å². The third-order valence-corrected chi connectivity index (χ3v) is 2.79. The predicted octanol–water partition coefficient (Wildman–Crippen LogP) is 2.85. The third kappa shape index (κ3) is 6.25. The number of hydrogen-bond donors (Lipinski definition) is 0. The van der Waals surface area contributed by atoms with E-state index in [9.17, 15) is 4.79 Å². The molecular formula is C15H22O4. The fraction of sp³-hybridized carbons (Fsp3) is 0.533. The molecule has 0 radical (unpaired) electrons. The molecule has 0 atom stereocenters. The van der Waals surface area contributed by atoms with Gasteiger partial charge in [-0.2, -0.15) is 0 Å². The van der Waals surface area contributed by atoms with Crippen LogP contribution in [-0.4, -0.2) is 31.7 Å². The van der Waals surface area contributed by atoms with Gasteiger partial charge >= 0.3 is 0 Å². The Balaban J connectivity index is 2.38. The Kier molecular flexibility index (Phi) is 5.83. The van der Waals surface area contributed by atoms with Crippen LogP contribution in [0.5, 0.6) is 11.5 Å². The molecule has 0 aliphatic carbocycles. The Morgan fingerprint density at radius 1 is 1.11 bits per heavy atom. The molecule has 0 heterocycles. The van der Waals surface area contributed by atoms with Gasteiger partial charge in [0.2, 0.25) is 0 Å². The fourth-order valence-corrected chi connectivity index (χ4v) is 1.33. The van der Waals surface area contributed by atoms with Crippen molar-refractivity contribution in [3.63, 3.8) is 0 Å². The van der Waals surface area contributed by atoms with Crippen LogP contribution in [0.3, 0.4) is 0 Å². The minimum absolute atomic E-state index is 0.00197. The molecule has 0 spiro atoms. The lowest BCUT2D eigenvalue weighted by Gasteiger charge is -2.22. The topological polar surface area (TPSA) is 44.8 Å². The van der Waals surface area contributed by atoms with E-state index in [4.69, 9.17) is 14.2 Å². The van der Waals surface area contributed by atoms with Crippen LogP contribution in [0.15, 0.2) is 24.3 Å². The van der Waals surface area contributed by atoms with Gasteiger partial charge in [-0.25, -0.2) is 0 Å². The van der Waals surface area contributed by atoms with E-state index in [1.165, 1.54) is 6.92 Å². The van der Waals surface area contributed by atoms with Gasteiger partial charge < -0.3 is 14.2 Å². The molecule has 0 saturated carbocycles. The number of carbonyl (C=O) groups is 1. The molecule has 106 valence electrons. The maximum atomic E-state index is 10.8. The third-order valence-electron chi connectivity index (χ3n) is 2.79. The minimum atomic E-state index is -0.176. The summed E-state index contributed by atoms with van der Waals surface area (Å²) in [6.45, 7) is 6.23. The molecule has 1 aromatic carbocycles. The molecule has 0 aliphatic heterocycles. The highest BCUT2D eigenvalue weighted by atomic mass is 16.5. The first-order valence-corrected chi connectivity index (χ1v) is 6.33. The number of benzene rings is 1. The average molecular weight is 266 g/mol. The molecule has 4 heteroatoms. The summed E-state index contributed by atoms with van der Waals surface area (Å²) >= 11 is 0. The Hall–Kier alpha value is -1.55. The van der Waals surface area contributed by atoms with Crippen LogP contribution in [-0.2, 0) is 9.53 Å². The van der Waals surface area contributed by atoms with E-state index in [0.29, 0.717) is 12.4 Å². The first kappa shape index (κ1) is 15.5. The lowest BCUT2D eigenvalue weighted by atomic mass is 10.1. The highest BCUT2D eigenvalue weighted by Gasteiger charge is 2.15. The van der Waals surface area contributed by atoms with Crippen molar-refractivity contribution in [1.82, 2.24) is 0 Å². The van der Waals surface area contributed by atoms with Gasteiger partial charge in [0.25, 0.3) is 0 Å². The van der Waals surface area contributed by atoms with Crippen LogP contribution in [0.2, 0.25) is 0 Å². The first-order valence-electron chi connectivity index (χ1n) is 6.33. The van der Waals surface area contributed by atoms with E-state index in [0.717, 1.165) is 12.2 Å². The molecule has 0 aromatic heterocycles. The standard InChI is InChI=1S/C15H22O4/c1-12(16)11-19-14-7-5-13(6-8-14)18-10-9-15(2,3)17-4/h5-8H,9-11H2,1-4H3. The molecule has 0 N–H and O–H groups in total. The smallest absolute Gasteiger partial charge is 0.167 e. The lowest BCUT2D eigenvalue weighted by molar-refractivity contribution is -0.118. The molecule has 4 nitrogen and oxygen atoms in total. The number of methoxy groups -OCH3 is 1. The molecule has 0 unspecified atom stereocenters. The molecular weight excluding hydrogens is 244 g/mol. The normalized spacial score (nSPS) is 11.2. The molecule has 0 fully saturated rings. The quantitative estimate of drug-likeness (QED) is 0.725. The van der Waals surface area contributed by atoms with Crippen LogP contribution in [0.1, 0.15) is 27.2 Å². The Morgan fingerprint density at radius 2 is 1.63 bits per heavy atom. The molecule has 1 rings (SSSR count). The first-order chi connectivity index (χ1) is 8.93. The summed E-state index contributed by atoms with van der Waals surface area (Å²) in [5.41, 5.74) is -0.176. The van der Waals surface area contributed by atoms with Crippen LogP contribution >= 0.6 is 0 Å². The van der Waals surface area contributed by atoms with Crippen LogP contribution in [0, 0.1) is 0 Å². The number of Topliss-reactive ketones (excluding diaryl/α,β-unsaturated/α-hetero) is 1. The molecule has 0 bridgehead atoms. The number of ether oxygens (including phenoxy) is 3. The molecule has 0 aliphatic rings. The maximum absolute atomic E-state index is 10.8. The van der Waals surface area contributed by atoms with Crippen LogP contribution in [0.25, 0.3) is 0 Å². The monoisotopic (exact) mass is 266 g/mol. The van der Waals surface area contributed by atoms with Crippen molar-refractivity contribution in [2.45, 2.75) is 32.8 Å². The fourth-order valence-electron chi connectivity index (χ4n) is 1.33. The van der Waals surface area contributed by atoms with E-state index >= 15 is 0 Å². The van der Waals surface area contributed by atoms with Gasteiger partial charge in [0, 0.05) is 13.5 Å². The largest absolute Gasteiger partial charge is 0.493 e. The van der Waals surface area contributed by atoms with Crippen molar-refractivity contribution in [3.8, 4) is 11.5 Å². The van der Waals surface area contributed by atoms with Crippen molar-refractivity contribution in [2.75, 3.05) is 20.3 Å². The Labute approximate surface area is 114 Å². The minimum Gasteiger partial charge on any atom is -0.493 e. The van der Waals surface area contributed by atoms with Crippen LogP contribution < -0.4 is 9.47 Å². The van der Waals surface area contributed by atoms with E-state index in [-0.39, 0.29) is 18.0 Å². The van der Waals surface area contributed by atoms with E-state index < -0.39 is 0 Å². The summed E-state index contributed by atoms with van der Waals surface area (Å²) in [4.78, 5) is 10.8. The summed E-state index contributed by atoms with van der Waals surface area (Å²) in [5.74, 6) is 1.45. The van der Waals surface area contributed by atoms with E-state index in [2.05, 4.69) is 0 Å². The van der Waals surface area contributed by atoms with Gasteiger partial charge in [-0.05, 0) is 45.0 Å². The van der Waals surface area contributed by atoms with Gasteiger partial charge in [0.05, 0.1) is 12.2 Å². The second kappa shape index (κ2) is 7.14. The summed E-state index contributed by atoms with van der Waals surface area (Å²) < 4.78 is 16.2. The molecule has 0 saturated heterocycles. The van der Waals surface area contributed by atoms with E-state index in [1.807, 2.05) is 26.0 Å². The number of rotatable bonds is 8. The second-order valence-corrected chi connectivity index (χ2v) is 5.02. The summed E-state index contributed by atoms with van der Waals surface area (Å²) in [5, 5.41) is 0. The second-order valence-electron chi connectivity index (χ2n) is 5.02. The summed E-state index contributed by atoms with van der Waals surface area (Å²) in [6.07, 6.45) is 0.812. The lowest BCUT2D eigenvalue weighted by Crippen LogP contribution is -2.25. The van der Waals surface area contributed by atoms with Gasteiger partial charge in [-0.1, -0.05) is 0 Å². The Bertz CT molecular complexity index is 395. The van der Waals surface area contributed by atoms with Gasteiger partial charge in [-0.3, -0.25) is 4.79 Å². The Morgan fingerprint density at radius 3 is 2.11 bits per heavy atom. The number of carbonyl (C=O) groups excluding carboxylic acids is 1. The van der Waals surface area contributed by atoms with Crippen molar-refractivity contribution < 1.29 is 19.0 Å². The zero-order valence-electron chi connectivity index (χ0n) is 12.1. The average Bonchev–Trinajstić information content (AvgIpc) is 2.37. The number of hydrogen-bond acceptors (Lipinski definition) is 4. The van der Waals surface area contributed by atoms with Crippen molar-refractivity contribution in [3.05, 3.63) is 24.3 Å². The van der Waals surface area contributed by atoms with Crippen molar-refractivity contribution in [1.29, 1.82) is 0 Å². The zero-order valence-corrected chi connectivity index (χ0v) is 12.1.